The highest BCUT2D eigenvalue weighted by atomic mass is 19.1. The highest BCUT2D eigenvalue weighted by Gasteiger charge is 2.37. The van der Waals surface area contributed by atoms with Gasteiger partial charge in [0.05, 0.1) is 0 Å². The van der Waals surface area contributed by atoms with Crippen LogP contribution in [0.25, 0.3) is 0 Å². The molecule has 1 aromatic rings. The summed E-state index contributed by atoms with van der Waals surface area (Å²) in [7, 11) is 2.18. The van der Waals surface area contributed by atoms with Crippen LogP contribution in [-0.2, 0) is 11.2 Å². The Morgan fingerprint density at radius 3 is 2.50 bits per heavy atom. The Labute approximate surface area is 132 Å². The molecule has 2 fully saturated rings. The number of aryl methyl sites for hydroxylation is 1. The SMILES string of the molecule is CN1CCC[C@@H]1[C@H]1CCCN1C(=O)CCc1ccc(F)cc1. The van der Waals surface area contributed by atoms with Gasteiger partial charge in [0.2, 0.25) is 5.91 Å². The second-order valence-corrected chi connectivity index (χ2v) is 6.61. The highest BCUT2D eigenvalue weighted by Crippen LogP contribution is 2.29. The molecule has 1 aromatic carbocycles. The van der Waals surface area contributed by atoms with Gasteiger partial charge in [-0.05, 0) is 63.4 Å². The average Bonchev–Trinajstić information content (AvgIpc) is 3.14. The van der Waals surface area contributed by atoms with Gasteiger partial charge in [-0.25, -0.2) is 4.39 Å². The van der Waals surface area contributed by atoms with Gasteiger partial charge in [-0.2, -0.15) is 0 Å². The maximum atomic E-state index is 12.9. The van der Waals surface area contributed by atoms with Crippen LogP contribution in [0.15, 0.2) is 24.3 Å². The summed E-state index contributed by atoms with van der Waals surface area (Å²) in [5.41, 5.74) is 1.03. The summed E-state index contributed by atoms with van der Waals surface area (Å²) in [6.45, 7) is 2.05. The smallest absolute Gasteiger partial charge is 0.223 e. The number of halogens is 1. The topological polar surface area (TPSA) is 23.6 Å². The van der Waals surface area contributed by atoms with E-state index in [0.29, 0.717) is 24.9 Å². The largest absolute Gasteiger partial charge is 0.338 e. The maximum Gasteiger partial charge on any atom is 0.223 e. The summed E-state index contributed by atoms with van der Waals surface area (Å²) < 4.78 is 12.9. The molecule has 0 aromatic heterocycles. The third-order valence-electron chi connectivity index (χ3n) is 5.18. The fraction of sp³-hybridized carbons (Fsp3) is 0.611. The molecule has 0 spiro atoms. The summed E-state index contributed by atoms with van der Waals surface area (Å²) >= 11 is 0. The monoisotopic (exact) mass is 304 g/mol. The molecule has 2 saturated heterocycles. The Bertz CT molecular complexity index is 516. The van der Waals surface area contributed by atoms with Gasteiger partial charge in [0.15, 0.2) is 0 Å². The van der Waals surface area contributed by atoms with E-state index in [4.69, 9.17) is 0 Å². The summed E-state index contributed by atoms with van der Waals surface area (Å²) in [6, 6.07) is 7.41. The predicted octanol–water partition coefficient (Wildman–Crippen LogP) is 2.84. The summed E-state index contributed by atoms with van der Waals surface area (Å²) in [6.07, 6.45) is 5.94. The van der Waals surface area contributed by atoms with Crippen molar-refractivity contribution < 1.29 is 9.18 Å². The predicted molar refractivity (Wildman–Crippen MR) is 85.1 cm³/mol. The molecule has 0 aliphatic carbocycles. The van der Waals surface area contributed by atoms with Gasteiger partial charge in [0, 0.05) is 25.0 Å². The van der Waals surface area contributed by atoms with E-state index in [1.807, 2.05) is 0 Å². The number of rotatable bonds is 4. The molecule has 0 bridgehead atoms. The number of likely N-dealkylation sites (tertiary alicyclic amines) is 2. The van der Waals surface area contributed by atoms with Crippen molar-refractivity contribution in [2.24, 2.45) is 0 Å². The Kier molecular flexibility index (Phi) is 4.77. The fourth-order valence-corrected chi connectivity index (χ4v) is 3.97. The molecular weight excluding hydrogens is 279 g/mol. The van der Waals surface area contributed by atoms with Crippen LogP contribution in [0, 0.1) is 5.82 Å². The standard InChI is InChI=1S/C18H25FN2O/c1-20-12-2-4-16(20)17-5-3-13-21(17)18(22)11-8-14-6-9-15(19)10-7-14/h6-7,9-10,16-17H,2-5,8,11-13H2,1H3/t16-,17-/m1/s1. The van der Waals surface area contributed by atoms with Crippen molar-refractivity contribution in [3.05, 3.63) is 35.6 Å². The van der Waals surface area contributed by atoms with Gasteiger partial charge >= 0.3 is 0 Å². The lowest BCUT2D eigenvalue weighted by Crippen LogP contribution is -2.47. The molecule has 2 atom stereocenters. The van der Waals surface area contributed by atoms with Crippen LogP contribution < -0.4 is 0 Å². The molecule has 0 saturated carbocycles. The number of carbonyl (C=O) groups excluding carboxylic acids is 1. The van der Waals surface area contributed by atoms with Crippen LogP contribution in [0.5, 0.6) is 0 Å². The number of nitrogens with zero attached hydrogens (tertiary/aromatic N) is 2. The number of hydrogen-bond acceptors (Lipinski definition) is 2. The van der Waals surface area contributed by atoms with Gasteiger partial charge in [-0.1, -0.05) is 12.1 Å². The number of benzene rings is 1. The van der Waals surface area contributed by atoms with Crippen LogP contribution in [0.3, 0.4) is 0 Å². The molecule has 120 valence electrons. The molecule has 4 heteroatoms. The molecule has 2 heterocycles. The van der Waals surface area contributed by atoms with E-state index in [1.165, 1.54) is 25.0 Å². The van der Waals surface area contributed by atoms with Crippen molar-refractivity contribution >= 4 is 5.91 Å². The lowest BCUT2D eigenvalue weighted by Gasteiger charge is -2.33. The minimum absolute atomic E-state index is 0.223. The van der Waals surface area contributed by atoms with Crippen molar-refractivity contribution in [1.82, 2.24) is 9.80 Å². The van der Waals surface area contributed by atoms with Gasteiger partial charge in [0.25, 0.3) is 0 Å². The third kappa shape index (κ3) is 3.32. The van der Waals surface area contributed by atoms with E-state index >= 15 is 0 Å². The molecular formula is C18H25FN2O. The Hall–Kier alpha value is -1.42. The summed E-state index contributed by atoms with van der Waals surface area (Å²) in [5.74, 6) is 0.0334. The van der Waals surface area contributed by atoms with E-state index in [1.54, 1.807) is 12.1 Å². The second kappa shape index (κ2) is 6.78. The number of hydrogen-bond donors (Lipinski definition) is 0. The van der Waals surface area contributed by atoms with Gasteiger partial charge in [-0.3, -0.25) is 4.79 Å². The maximum absolute atomic E-state index is 12.9. The highest BCUT2D eigenvalue weighted by molar-refractivity contribution is 5.77. The van der Waals surface area contributed by atoms with Gasteiger partial charge in [-0.15, -0.1) is 0 Å². The van der Waals surface area contributed by atoms with Crippen LogP contribution in [-0.4, -0.2) is 47.9 Å². The first-order valence-corrected chi connectivity index (χ1v) is 8.39. The molecule has 0 radical (unpaired) electrons. The van der Waals surface area contributed by atoms with Gasteiger partial charge in [0.1, 0.15) is 5.82 Å². The molecule has 2 aliphatic rings. The first kappa shape index (κ1) is 15.5. The van der Waals surface area contributed by atoms with E-state index in [-0.39, 0.29) is 11.7 Å². The molecule has 0 unspecified atom stereocenters. The first-order valence-electron chi connectivity index (χ1n) is 8.39. The molecule has 0 N–H and O–H groups in total. The Morgan fingerprint density at radius 2 is 1.82 bits per heavy atom. The quantitative estimate of drug-likeness (QED) is 0.854. The van der Waals surface area contributed by atoms with Crippen LogP contribution in [0.2, 0.25) is 0 Å². The zero-order valence-electron chi connectivity index (χ0n) is 13.3. The average molecular weight is 304 g/mol. The Morgan fingerprint density at radius 1 is 1.14 bits per heavy atom. The van der Waals surface area contributed by atoms with E-state index < -0.39 is 0 Å². The minimum atomic E-state index is -0.223. The molecule has 3 nitrogen and oxygen atoms in total. The second-order valence-electron chi connectivity index (χ2n) is 6.61. The normalized spacial score (nSPS) is 25.8. The zero-order chi connectivity index (χ0) is 15.5. The van der Waals surface area contributed by atoms with Crippen molar-refractivity contribution in [3.63, 3.8) is 0 Å². The summed E-state index contributed by atoms with van der Waals surface area (Å²) in [4.78, 5) is 17.1. The summed E-state index contributed by atoms with van der Waals surface area (Å²) in [5, 5.41) is 0. The van der Waals surface area contributed by atoms with E-state index in [0.717, 1.165) is 31.5 Å². The lowest BCUT2D eigenvalue weighted by molar-refractivity contribution is -0.132. The van der Waals surface area contributed by atoms with Crippen LogP contribution >= 0.6 is 0 Å². The number of likely N-dealkylation sites (N-methyl/N-ethyl adjacent to an activating group) is 1. The van der Waals surface area contributed by atoms with Crippen molar-refractivity contribution in [2.75, 3.05) is 20.1 Å². The molecule has 22 heavy (non-hydrogen) atoms. The van der Waals surface area contributed by atoms with E-state index in [9.17, 15) is 9.18 Å². The van der Waals surface area contributed by atoms with Gasteiger partial charge < -0.3 is 9.80 Å². The molecule has 3 rings (SSSR count). The Balaban J connectivity index is 1.57. The zero-order valence-corrected chi connectivity index (χ0v) is 13.3. The van der Waals surface area contributed by atoms with Crippen LogP contribution in [0.4, 0.5) is 4.39 Å². The van der Waals surface area contributed by atoms with E-state index in [2.05, 4.69) is 16.8 Å². The van der Waals surface area contributed by atoms with Crippen molar-refractivity contribution in [1.29, 1.82) is 0 Å². The molecule has 2 aliphatic heterocycles. The van der Waals surface area contributed by atoms with Crippen LogP contribution in [0.1, 0.15) is 37.7 Å². The number of carbonyl (C=O) groups is 1. The first-order chi connectivity index (χ1) is 10.6. The number of amides is 1. The van der Waals surface area contributed by atoms with Crippen molar-refractivity contribution in [2.45, 2.75) is 50.6 Å². The minimum Gasteiger partial charge on any atom is -0.338 e. The van der Waals surface area contributed by atoms with Crippen molar-refractivity contribution in [3.8, 4) is 0 Å². The third-order valence-corrected chi connectivity index (χ3v) is 5.18. The lowest BCUT2D eigenvalue weighted by atomic mass is 10.0. The fourth-order valence-electron chi connectivity index (χ4n) is 3.97. The molecule has 1 amide bonds.